The van der Waals surface area contributed by atoms with E-state index in [0.717, 1.165) is 11.3 Å². The molecule has 2 heterocycles. The first kappa shape index (κ1) is 17.1. The molecule has 0 aliphatic carbocycles. The van der Waals surface area contributed by atoms with Crippen LogP contribution in [-0.4, -0.2) is 46.7 Å². The van der Waals surface area contributed by atoms with E-state index in [2.05, 4.69) is 5.32 Å². The minimum Gasteiger partial charge on any atom is -0.442 e. The number of alkyl carbamates (subject to hydrolysis) is 1. The van der Waals surface area contributed by atoms with Gasteiger partial charge in [-0.05, 0) is 45.0 Å². The number of ether oxygens (including phenoxy) is 1. The maximum atomic E-state index is 12.9. The van der Waals surface area contributed by atoms with Gasteiger partial charge in [-0.25, -0.2) is 4.79 Å². The number of nitrogens with one attached hydrogen (secondary N) is 1. The van der Waals surface area contributed by atoms with Crippen LogP contribution >= 0.6 is 0 Å². The molecule has 1 saturated heterocycles. The van der Waals surface area contributed by atoms with E-state index in [1.165, 1.54) is 0 Å². The van der Waals surface area contributed by atoms with Crippen molar-refractivity contribution in [2.45, 2.75) is 32.9 Å². The summed E-state index contributed by atoms with van der Waals surface area (Å²) in [5, 5.41) is 2.68. The lowest BCUT2D eigenvalue weighted by atomic mass is 10.0. The van der Waals surface area contributed by atoms with Crippen molar-refractivity contribution in [2.75, 3.05) is 13.1 Å². The van der Waals surface area contributed by atoms with E-state index >= 15 is 0 Å². The van der Waals surface area contributed by atoms with Crippen molar-refractivity contribution >= 4 is 12.0 Å². The Balaban J connectivity index is 1.67. The Morgan fingerprint density at radius 2 is 1.88 bits per heavy atom. The molecule has 1 aromatic carbocycles. The zero-order chi connectivity index (χ0) is 18.0. The summed E-state index contributed by atoms with van der Waals surface area (Å²) in [6.07, 6.45) is 3.15. The fourth-order valence-electron chi connectivity index (χ4n) is 2.81. The third kappa shape index (κ3) is 3.84. The van der Waals surface area contributed by atoms with Crippen LogP contribution in [0.1, 0.15) is 29.8 Å². The van der Waals surface area contributed by atoms with Crippen LogP contribution in [0.5, 0.6) is 0 Å². The number of aryl methyl sites for hydroxylation is 1. The summed E-state index contributed by atoms with van der Waals surface area (Å²) in [4.78, 5) is 26.2. The lowest BCUT2D eigenvalue weighted by Crippen LogP contribution is -2.56. The van der Waals surface area contributed by atoms with Crippen LogP contribution in [0.15, 0.2) is 42.7 Å². The predicted molar refractivity (Wildman–Crippen MR) is 95.0 cm³/mol. The zero-order valence-corrected chi connectivity index (χ0v) is 14.7. The third-order valence-corrected chi connectivity index (χ3v) is 4.08. The van der Waals surface area contributed by atoms with Gasteiger partial charge in [-0.1, -0.05) is 11.6 Å². The van der Waals surface area contributed by atoms with Gasteiger partial charge in [0.2, 0.25) is 0 Å². The maximum absolute atomic E-state index is 12.9. The molecule has 0 bridgehead atoms. The van der Waals surface area contributed by atoms with Crippen molar-refractivity contribution < 1.29 is 14.3 Å². The van der Waals surface area contributed by atoms with E-state index in [1.807, 2.05) is 68.1 Å². The van der Waals surface area contributed by atoms with Crippen molar-refractivity contribution in [1.82, 2.24) is 14.8 Å². The largest absolute Gasteiger partial charge is 0.442 e. The van der Waals surface area contributed by atoms with Gasteiger partial charge in [0.05, 0.1) is 24.3 Å². The molecule has 1 aromatic heterocycles. The maximum Gasteiger partial charge on any atom is 0.407 e. The molecule has 2 amide bonds. The smallest absolute Gasteiger partial charge is 0.407 e. The summed E-state index contributed by atoms with van der Waals surface area (Å²) in [5.74, 6) is -0.0449. The number of aromatic nitrogens is 1. The summed E-state index contributed by atoms with van der Waals surface area (Å²) in [6, 6.07) is 9.72. The van der Waals surface area contributed by atoms with Gasteiger partial charge in [-0.15, -0.1) is 0 Å². The van der Waals surface area contributed by atoms with Gasteiger partial charge in [-0.3, -0.25) is 4.79 Å². The fraction of sp³-hybridized carbons (Fsp3) is 0.368. The van der Waals surface area contributed by atoms with Crippen molar-refractivity contribution in [3.63, 3.8) is 0 Å². The molecule has 1 fully saturated rings. The van der Waals surface area contributed by atoms with Crippen molar-refractivity contribution in [3.05, 3.63) is 53.9 Å². The SMILES string of the molecule is Cc1ccc(-n2cccc2)c(C(=O)N2CC(OC(=O)NC(C)C)C2)c1. The first-order chi connectivity index (χ1) is 11.9. The number of hydrogen-bond donors (Lipinski definition) is 1. The van der Waals surface area contributed by atoms with Gasteiger partial charge in [0.1, 0.15) is 6.10 Å². The Hall–Kier alpha value is -2.76. The Bertz CT molecular complexity index is 762. The molecule has 1 aliphatic heterocycles. The summed E-state index contributed by atoms with van der Waals surface area (Å²) in [7, 11) is 0. The Morgan fingerprint density at radius 3 is 2.52 bits per heavy atom. The first-order valence-corrected chi connectivity index (χ1v) is 8.44. The molecular formula is C19H23N3O3. The highest BCUT2D eigenvalue weighted by atomic mass is 16.6. The summed E-state index contributed by atoms with van der Waals surface area (Å²) >= 11 is 0. The topological polar surface area (TPSA) is 63.6 Å². The van der Waals surface area contributed by atoms with Gasteiger partial charge < -0.3 is 19.5 Å². The van der Waals surface area contributed by atoms with Crippen LogP contribution in [0.2, 0.25) is 0 Å². The van der Waals surface area contributed by atoms with Crippen LogP contribution in [-0.2, 0) is 4.74 Å². The highest BCUT2D eigenvalue weighted by Gasteiger charge is 2.35. The quantitative estimate of drug-likeness (QED) is 0.930. The van der Waals surface area contributed by atoms with E-state index in [0.29, 0.717) is 18.7 Å². The molecule has 6 nitrogen and oxygen atoms in total. The standard InChI is InChI=1S/C19H23N3O3/c1-13(2)20-19(24)25-15-11-22(12-15)18(23)16-10-14(3)6-7-17(16)21-8-4-5-9-21/h4-10,13,15H,11-12H2,1-3H3,(H,20,24). The number of benzene rings is 1. The van der Waals surface area contributed by atoms with E-state index < -0.39 is 6.09 Å². The number of amides is 2. The number of likely N-dealkylation sites (tertiary alicyclic amines) is 1. The van der Waals surface area contributed by atoms with Crippen LogP contribution in [0.25, 0.3) is 5.69 Å². The summed E-state index contributed by atoms with van der Waals surface area (Å²) in [5.41, 5.74) is 2.53. The average molecular weight is 341 g/mol. The van der Waals surface area contributed by atoms with Gasteiger partial charge >= 0.3 is 6.09 Å². The van der Waals surface area contributed by atoms with Gasteiger partial charge in [0, 0.05) is 18.4 Å². The Labute approximate surface area is 147 Å². The second kappa shape index (κ2) is 7.01. The molecule has 2 aromatic rings. The number of rotatable bonds is 4. The number of hydrogen-bond acceptors (Lipinski definition) is 3. The molecule has 0 spiro atoms. The molecule has 0 radical (unpaired) electrons. The lowest BCUT2D eigenvalue weighted by molar-refractivity contribution is -0.00701. The van der Waals surface area contributed by atoms with Crippen LogP contribution in [0.4, 0.5) is 4.79 Å². The molecule has 25 heavy (non-hydrogen) atoms. The van der Waals surface area contributed by atoms with Gasteiger partial charge in [0.15, 0.2) is 0 Å². The minimum absolute atomic E-state index is 0.0294. The van der Waals surface area contributed by atoms with Crippen molar-refractivity contribution in [1.29, 1.82) is 0 Å². The van der Waals surface area contributed by atoms with E-state index in [4.69, 9.17) is 4.74 Å². The summed E-state index contributed by atoms with van der Waals surface area (Å²) < 4.78 is 7.22. The van der Waals surface area contributed by atoms with Crippen molar-refractivity contribution in [2.24, 2.45) is 0 Å². The molecular weight excluding hydrogens is 318 g/mol. The van der Waals surface area contributed by atoms with Gasteiger partial charge in [-0.2, -0.15) is 0 Å². The molecule has 0 unspecified atom stereocenters. The average Bonchev–Trinajstić information content (AvgIpc) is 3.03. The number of nitrogens with zero attached hydrogens (tertiary/aromatic N) is 2. The van der Waals surface area contributed by atoms with Crippen LogP contribution < -0.4 is 5.32 Å². The Morgan fingerprint density at radius 1 is 1.20 bits per heavy atom. The zero-order valence-electron chi connectivity index (χ0n) is 14.7. The monoisotopic (exact) mass is 341 g/mol. The highest BCUT2D eigenvalue weighted by molar-refractivity contribution is 5.98. The molecule has 1 aliphatic rings. The molecule has 0 atom stereocenters. The molecule has 0 saturated carbocycles. The summed E-state index contributed by atoms with van der Waals surface area (Å²) in [6.45, 7) is 6.55. The van der Waals surface area contributed by atoms with E-state index in [-0.39, 0.29) is 18.1 Å². The molecule has 132 valence electrons. The van der Waals surface area contributed by atoms with Crippen molar-refractivity contribution in [3.8, 4) is 5.69 Å². The highest BCUT2D eigenvalue weighted by Crippen LogP contribution is 2.22. The first-order valence-electron chi connectivity index (χ1n) is 8.44. The van der Waals surface area contributed by atoms with Crippen LogP contribution in [0.3, 0.4) is 0 Å². The third-order valence-electron chi connectivity index (χ3n) is 4.08. The second-order valence-corrected chi connectivity index (χ2v) is 6.65. The predicted octanol–water partition coefficient (Wildman–Crippen LogP) is 2.74. The van der Waals surface area contributed by atoms with Gasteiger partial charge in [0.25, 0.3) is 5.91 Å². The normalized spacial score (nSPS) is 14.3. The second-order valence-electron chi connectivity index (χ2n) is 6.65. The van der Waals surface area contributed by atoms with E-state index in [1.54, 1.807) is 4.90 Å². The number of carbonyl (C=O) groups excluding carboxylic acids is 2. The minimum atomic E-state index is -0.435. The van der Waals surface area contributed by atoms with E-state index in [9.17, 15) is 9.59 Å². The fourth-order valence-corrected chi connectivity index (χ4v) is 2.81. The van der Waals surface area contributed by atoms with Crippen LogP contribution in [0, 0.1) is 6.92 Å². The molecule has 1 N–H and O–H groups in total. The number of carbonyl (C=O) groups is 2. The molecule has 3 rings (SSSR count). The lowest BCUT2D eigenvalue weighted by Gasteiger charge is -2.38. The Kier molecular flexibility index (Phi) is 4.79. The molecule has 6 heteroatoms.